The summed E-state index contributed by atoms with van der Waals surface area (Å²) in [5, 5.41) is 9.25. The number of ether oxygens (including phenoxy) is 1. The Bertz CT molecular complexity index is 760. The van der Waals surface area contributed by atoms with Gasteiger partial charge >= 0.3 is 0 Å². The van der Waals surface area contributed by atoms with Crippen LogP contribution in [0.3, 0.4) is 0 Å². The largest absolute Gasteiger partial charge is 0.493 e. The molecule has 0 bridgehead atoms. The van der Waals surface area contributed by atoms with Crippen molar-refractivity contribution in [2.75, 3.05) is 6.61 Å². The molecule has 1 N–H and O–H groups in total. The minimum absolute atomic E-state index is 0.101. The van der Waals surface area contributed by atoms with Crippen molar-refractivity contribution < 1.29 is 4.74 Å². The second-order valence-corrected chi connectivity index (χ2v) is 5.59. The molecular formula is C16H15BrN2O2. The smallest absolute Gasteiger partial charge is 0.266 e. The van der Waals surface area contributed by atoms with Gasteiger partial charge in [0.2, 0.25) is 0 Å². The Balaban J connectivity index is 2.67. The van der Waals surface area contributed by atoms with Crippen LogP contribution in [-0.4, -0.2) is 11.6 Å². The average Bonchev–Trinajstić information content (AvgIpc) is 2.44. The fourth-order valence-electron chi connectivity index (χ4n) is 2.06. The summed E-state index contributed by atoms with van der Waals surface area (Å²) in [4.78, 5) is 14.6. The van der Waals surface area contributed by atoms with Gasteiger partial charge in [0.25, 0.3) is 5.56 Å². The average molecular weight is 347 g/mol. The number of rotatable bonds is 4. The van der Waals surface area contributed by atoms with E-state index in [-0.39, 0.29) is 11.1 Å². The zero-order chi connectivity index (χ0) is 15.4. The first kappa shape index (κ1) is 15.3. The fourth-order valence-corrected chi connectivity index (χ4v) is 2.40. The molecule has 21 heavy (non-hydrogen) atoms. The summed E-state index contributed by atoms with van der Waals surface area (Å²) in [6, 6.07) is 9.34. The highest BCUT2D eigenvalue weighted by atomic mass is 79.9. The number of aryl methyl sites for hydroxylation is 1. The minimum atomic E-state index is -0.378. The zero-order valence-electron chi connectivity index (χ0n) is 11.9. The summed E-state index contributed by atoms with van der Waals surface area (Å²) in [6.45, 7) is 4.39. The number of nitrogens with one attached hydrogen (secondary N) is 1. The summed E-state index contributed by atoms with van der Waals surface area (Å²) in [5.41, 5.74) is 1.77. The van der Waals surface area contributed by atoms with E-state index in [9.17, 15) is 10.1 Å². The Morgan fingerprint density at radius 3 is 2.76 bits per heavy atom. The van der Waals surface area contributed by atoms with E-state index in [4.69, 9.17) is 4.74 Å². The molecule has 0 saturated carbocycles. The predicted molar refractivity (Wildman–Crippen MR) is 85.4 cm³/mol. The fraction of sp³-hybridized carbons (Fsp3) is 0.250. The third-order valence-corrected chi connectivity index (χ3v) is 3.47. The molecule has 0 aliphatic carbocycles. The number of halogens is 1. The van der Waals surface area contributed by atoms with Crippen molar-refractivity contribution in [1.29, 1.82) is 5.26 Å². The first-order valence-corrected chi connectivity index (χ1v) is 7.43. The summed E-state index contributed by atoms with van der Waals surface area (Å²) < 4.78 is 6.64. The molecule has 4 nitrogen and oxygen atoms in total. The third-order valence-electron chi connectivity index (χ3n) is 2.98. The number of pyridine rings is 1. The van der Waals surface area contributed by atoms with Crippen LogP contribution in [0, 0.1) is 18.3 Å². The van der Waals surface area contributed by atoms with Crippen molar-refractivity contribution in [3.05, 3.63) is 50.3 Å². The zero-order valence-corrected chi connectivity index (χ0v) is 13.5. The van der Waals surface area contributed by atoms with Gasteiger partial charge in [0.1, 0.15) is 17.4 Å². The van der Waals surface area contributed by atoms with E-state index in [1.807, 2.05) is 31.2 Å². The Morgan fingerprint density at radius 1 is 1.33 bits per heavy atom. The molecule has 0 unspecified atom stereocenters. The lowest BCUT2D eigenvalue weighted by atomic mass is 10.00. The maximum Gasteiger partial charge on any atom is 0.266 e. The van der Waals surface area contributed by atoms with Crippen LogP contribution >= 0.6 is 15.9 Å². The Labute approximate surface area is 131 Å². The van der Waals surface area contributed by atoms with Crippen molar-refractivity contribution in [3.8, 4) is 22.9 Å². The standard InChI is InChI=1S/C16H15BrN2O2/c1-3-6-21-15-8-11(17)4-5-12(15)13-7-10(2)19-16(20)14(13)9-18/h4-5,7-8H,3,6H2,1-2H3,(H,19,20). The van der Waals surface area contributed by atoms with Crippen LogP contribution in [0.5, 0.6) is 5.75 Å². The number of aromatic amines is 1. The van der Waals surface area contributed by atoms with E-state index in [0.29, 0.717) is 23.6 Å². The van der Waals surface area contributed by atoms with Crippen LogP contribution in [0.15, 0.2) is 33.5 Å². The number of nitriles is 1. The van der Waals surface area contributed by atoms with Crippen molar-refractivity contribution >= 4 is 15.9 Å². The predicted octanol–water partition coefficient (Wildman–Crippen LogP) is 3.77. The van der Waals surface area contributed by atoms with Crippen LogP contribution in [0.4, 0.5) is 0 Å². The number of hydrogen-bond acceptors (Lipinski definition) is 3. The van der Waals surface area contributed by atoms with Crippen LogP contribution in [0.1, 0.15) is 24.6 Å². The molecule has 5 heteroatoms. The van der Waals surface area contributed by atoms with Gasteiger partial charge < -0.3 is 9.72 Å². The number of hydrogen-bond donors (Lipinski definition) is 1. The minimum Gasteiger partial charge on any atom is -0.493 e. The first-order valence-electron chi connectivity index (χ1n) is 6.63. The van der Waals surface area contributed by atoms with Crippen molar-refractivity contribution in [2.45, 2.75) is 20.3 Å². The first-order chi connectivity index (χ1) is 10.1. The van der Waals surface area contributed by atoms with Crippen LogP contribution in [-0.2, 0) is 0 Å². The van der Waals surface area contributed by atoms with Crippen LogP contribution in [0.25, 0.3) is 11.1 Å². The molecule has 0 radical (unpaired) electrons. The maximum absolute atomic E-state index is 11.9. The van der Waals surface area contributed by atoms with Crippen LogP contribution < -0.4 is 10.3 Å². The normalized spacial score (nSPS) is 10.2. The van der Waals surface area contributed by atoms with Gasteiger partial charge in [-0.1, -0.05) is 22.9 Å². The van der Waals surface area contributed by atoms with Gasteiger partial charge in [-0.2, -0.15) is 5.26 Å². The molecule has 1 aromatic heterocycles. The summed E-state index contributed by atoms with van der Waals surface area (Å²) in [7, 11) is 0. The monoisotopic (exact) mass is 346 g/mol. The molecule has 108 valence electrons. The molecule has 0 aliphatic heterocycles. The van der Waals surface area contributed by atoms with Crippen LogP contribution in [0.2, 0.25) is 0 Å². The van der Waals surface area contributed by atoms with Gasteiger partial charge in [-0.3, -0.25) is 4.79 Å². The molecule has 0 amide bonds. The summed E-state index contributed by atoms with van der Waals surface area (Å²) >= 11 is 3.41. The lowest BCUT2D eigenvalue weighted by Gasteiger charge is -2.13. The van der Waals surface area contributed by atoms with Gasteiger partial charge in [-0.15, -0.1) is 0 Å². The van der Waals surface area contributed by atoms with Gasteiger partial charge in [0.05, 0.1) is 6.61 Å². The number of H-pyrrole nitrogens is 1. The number of benzene rings is 1. The number of aromatic nitrogens is 1. The van der Waals surface area contributed by atoms with Gasteiger partial charge in [0.15, 0.2) is 0 Å². The van der Waals surface area contributed by atoms with E-state index in [1.54, 1.807) is 13.0 Å². The second kappa shape index (κ2) is 6.59. The maximum atomic E-state index is 11.9. The van der Waals surface area contributed by atoms with Crippen molar-refractivity contribution in [1.82, 2.24) is 4.98 Å². The molecule has 0 fully saturated rings. The molecule has 0 spiro atoms. The van der Waals surface area contributed by atoms with E-state index in [2.05, 4.69) is 20.9 Å². The summed E-state index contributed by atoms with van der Waals surface area (Å²) in [5.74, 6) is 0.660. The quantitative estimate of drug-likeness (QED) is 0.916. The molecule has 1 heterocycles. The Kier molecular flexibility index (Phi) is 4.81. The van der Waals surface area contributed by atoms with Gasteiger partial charge in [-0.05, 0) is 37.6 Å². The second-order valence-electron chi connectivity index (χ2n) is 4.67. The molecule has 2 rings (SSSR count). The third kappa shape index (κ3) is 3.34. The Morgan fingerprint density at radius 2 is 2.10 bits per heavy atom. The van der Waals surface area contributed by atoms with Gasteiger partial charge in [0, 0.05) is 21.3 Å². The topological polar surface area (TPSA) is 65.9 Å². The lowest BCUT2D eigenvalue weighted by molar-refractivity contribution is 0.318. The van der Waals surface area contributed by atoms with Crippen molar-refractivity contribution in [3.63, 3.8) is 0 Å². The Hall–Kier alpha value is -2.06. The molecular weight excluding hydrogens is 332 g/mol. The number of nitrogens with zero attached hydrogens (tertiary/aromatic N) is 1. The highest BCUT2D eigenvalue weighted by Gasteiger charge is 2.14. The molecule has 0 aliphatic rings. The molecule has 2 aromatic rings. The molecule has 0 atom stereocenters. The highest BCUT2D eigenvalue weighted by molar-refractivity contribution is 9.10. The molecule has 1 aromatic carbocycles. The van der Waals surface area contributed by atoms with Crippen molar-refractivity contribution in [2.24, 2.45) is 0 Å². The van der Waals surface area contributed by atoms with E-state index in [1.165, 1.54) is 0 Å². The van der Waals surface area contributed by atoms with E-state index in [0.717, 1.165) is 16.5 Å². The van der Waals surface area contributed by atoms with E-state index < -0.39 is 0 Å². The lowest BCUT2D eigenvalue weighted by Crippen LogP contribution is -2.13. The van der Waals surface area contributed by atoms with E-state index >= 15 is 0 Å². The highest BCUT2D eigenvalue weighted by Crippen LogP contribution is 2.34. The van der Waals surface area contributed by atoms with Gasteiger partial charge in [-0.25, -0.2) is 0 Å². The molecule has 0 saturated heterocycles. The SMILES string of the molecule is CCCOc1cc(Br)ccc1-c1cc(C)[nH]c(=O)c1C#N. The summed E-state index contributed by atoms with van der Waals surface area (Å²) in [6.07, 6.45) is 0.880.